The Bertz CT molecular complexity index is 1110. The van der Waals surface area contributed by atoms with E-state index in [1.165, 1.54) is 11.3 Å². The molecule has 0 aliphatic heterocycles. The standard InChI is InChI=1S/C22H16N2O2S/c25-21(23-18-12-5-8-15-7-1-2-9-16(15)18)17-10-3-4-11-19(17)24-22(26)20-13-6-14-27-20/h1-14H,(H,23,25)(H,24,26). The van der Waals surface area contributed by atoms with Gasteiger partial charge in [0, 0.05) is 11.1 Å². The third kappa shape index (κ3) is 3.59. The van der Waals surface area contributed by atoms with Crippen LogP contribution in [0.2, 0.25) is 0 Å². The predicted molar refractivity (Wildman–Crippen MR) is 111 cm³/mol. The van der Waals surface area contributed by atoms with E-state index in [9.17, 15) is 9.59 Å². The number of carbonyl (C=O) groups is 2. The first-order valence-corrected chi connectivity index (χ1v) is 9.33. The summed E-state index contributed by atoms with van der Waals surface area (Å²) in [6.45, 7) is 0. The van der Waals surface area contributed by atoms with Crippen molar-refractivity contribution in [3.05, 3.63) is 94.7 Å². The third-order valence-electron chi connectivity index (χ3n) is 4.20. The van der Waals surface area contributed by atoms with Gasteiger partial charge in [0.15, 0.2) is 0 Å². The van der Waals surface area contributed by atoms with E-state index in [-0.39, 0.29) is 11.8 Å². The summed E-state index contributed by atoms with van der Waals surface area (Å²) < 4.78 is 0. The van der Waals surface area contributed by atoms with Crippen molar-refractivity contribution in [2.75, 3.05) is 10.6 Å². The molecule has 0 aliphatic rings. The van der Waals surface area contributed by atoms with E-state index in [1.807, 2.05) is 53.9 Å². The summed E-state index contributed by atoms with van der Waals surface area (Å²) >= 11 is 1.36. The third-order valence-corrected chi connectivity index (χ3v) is 5.07. The minimum Gasteiger partial charge on any atom is -0.321 e. The van der Waals surface area contributed by atoms with Crippen LogP contribution in [0.25, 0.3) is 10.8 Å². The number of benzene rings is 3. The summed E-state index contributed by atoms with van der Waals surface area (Å²) in [5.74, 6) is -0.496. The van der Waals surface area contributed by atoms with Gasteiger partial charge in [-0.15, -0.1) is 11.3 Å². The smallest absolute Gasteiger partial charge is 0.265 e. The molecule has 0 bridgehead atoms. The molecular weight excluding hydrogens is 356 g/mol. The fourth-order valence-electron chi connectivity index (χ4n) is 2.91. The Morgan fingerprint density at radius 3 is 2.22 bits per heavy atom. The number of anilines is 2. The number of para-hydroxylation sites is 1. The van der Waals surface area contributed by atoms with Crippen molar-refractivity contribution in [3.63, 3.8) is 0 Å². The van der Waals surface area contributed by atoms with Gasteiger partial charge in [-0.3, -0.25) is 9.59 Å². The quantitative estimate of drug-likeness (QED) is 0.503. The fraction of sp³-hybridized carbons (Fsp3) is 0. The van der Waals surface area contributed by atoms with Crippen molar-refractivity contribution < 1.29 is 9.59 Å². The monoisotopic (exact) mass is 372 g/mol. The molecule has 0 saturated carbocycles. The number of carbonyl (C=O) groups excluding carboxylic acids is 2. The molecule has 0 spiro atoms. The van der Waals surface area contributed by atoms with Crippen molar-refractivity contribution in [1.82, 2.24) is 0 Å². The van der Waals surface area contributed by atoms with Crippen molar-refractivity contribution in [2.24, 2.45) is 0 Å². The molecule has 0 aliphatic carbocycles. The minimum absolute atomic E-state index is 0.226. The number of rotatable bonds is 4. The second kappa shape index (κ2) is 7.43. The molecule has 4 nitrogen and oxygen atoms in total. The van der Waals surface area contributed by atoms with Gasteiger partial charge < -0.3 is 10.6 Å². The van der Waals surface area contributed by atoms with E-state index in [2.05, 4.69) is 10.6 Å². The summed E-state index contributed by atoms with van der Waals surface area (Å²) in [6.07, 6.45) is 0. The van der Waals surface area contributed by atoms with Gasteiger partial charge in [0.1, 0.15) is 0 Å². The number of hydrogen-bond donors (Lipinski definition) is 2. The molecule has 1 heterocycles. The summed E-state index contributed by atoms with van der Waals surface area (Å²) in [5, 5.41) is 9.65. The average Bonchev–Trinajstić information content (AvgIpc) is 3.24. The van der Waals surface area contributed by atoms with Crippen LogP contribution < -0.4 is 10.6 Å². The molecule has 0 radical (unpaired) electrons. The van der Waals surface area contributed by atoms with Crippen molar-refractivity contribution >= 4 is 45.3 Å². The Labute approximate surface area is 160 Å². The van der Waals surface area contributed by atoms with E-state index in [0.29, 0.717) is 16.1 Å². The van der Waals surface area contributed by atoms with Crippen LogP contribution in [0.3, 0.4) is 0 Å². The van der Waals surface area contributed by atoms with Crippen LogP contribution in [0.5, 0.6) is 0 Å². The molecule has 2 N–H and O–H groups in total. The molecular formula is C22H16N2O2S. The van der Waals surface area contributed by atoms with Gasteiger partial charge in [-0.2, -0.15) is 0 Å². The molecule has 0 saturated heterocycles. The summed E-state index contributed by atoms with van der Waals surface area (Å²) in [4.78, 5) is 25.8. The van der Waals surface area contributed by atoms with Crippen LogP contribution in [0.1, 0.15) is 20.0 Å². The van der Waals surface area contributed by atoms with Crippen LogP contribution >= 0.6 is 11.3 Å². The molecule has 4 aromatic rings. The van der Waals surface area contributed by atoms with Gasteiger partial charge in [-0.05, 0) is 35.0 Å². The molecule has 4 rings (SSSR count). The Kier molecular flexibility index (Phi) is 4.68. The summed E-state index contributed by atoms with van der Waals surface area (Å²) in [6, 6.07) is 24.2. The molecule has 2 amide bonds. The van der Waals surface area contributed by atoms with Crippen molar-refractivity contribution in [2.45, 2.75) is 0 Å². The Hall–Kier alpha value is -3.44. The lowest BCUT2D eigenvalue weighted by Gasteiger charge is -2.12. The van der Waals surface area contributed by atoms with Crippen LogP contribution in [0.15, 0.2) is 84.2 Å². The normalized spacial score (nSPS) is 10.5. The molecule has 0 atom stereocenters. The zero-order valence-electron chi connectivity index (χ0n) is 14.3. The maximum atomic E-state index is 12.9. The Morgan fingerprint density at radius 1 is 0.667 bits per heavy atom. The van der Waals surface area contributed by atoms with Crippen LogP contribution in [0, 0.1) is 0 Å². The summed E-state index contributed by atoms with van der Waals surface area (Å²) in [5.41, 5.74) is 1.63. The Balaban J connectivity index is 1.61. The molecule has 132 valence electrons. The molecule has 27 heavy (non-hydrogen) atoms. The number of nitrogens with one attached hydrogen (secondary N) is 2. The van der Waals surface area contributed by atoms with Gasteiger partial charge in [0.05, 0.1) is 16.1 Å². The first-order chi connectivity index (χ1) is 13.2. The first-order valence-electron chi connectivity index (χ1n) is 8.45. The highest BCUT2D eigenvalue weighted by Crippen LogP contribution is 2.25. The van der Waals surface area contributed by atoms with Gasteiger partial charge in [-0.25, -0.2) is 0 Å². The average molecular weight is 372 g/mol. The van der Waals surface area contributed by atoms with E-state index in [1.54, 1.807) is 30.3 Å². The number of amides is 2. The predicted octanol–water partition coefficient (Wildman–Crippen LogP) is 5.41. The zero-order valence-corrected chi connectivity index (χ0v) is 15.1. The second-order valence-corrected chi connectivity index (χ2v) is 6.91. The zero-order chi connectivity index (χ0) is 18.6. The lowest BCUT2D eigenvalue weighted by molar-refractivity contribution is 0.102. The van der Waals surface area contributed by atoms with E-state index >= 15 is 0 Å². The minimum atomic E-state index is -0.270. The van der Waals surface area contributed by atoms with E-state index < -0.39 is 0 Å². The second-order valence-electron chi connectivity index (χ2n) is 5.96. The summed E-state index contributed by atoms with van der Waals surface area (Å²) in [7, 11) is 0. The topological polar surface area (TPSA) is 58.2 Å². The largest absolute Gasteiger partial charge is 0.321 e. The number of thiophene rings is 1. The van der Waals surface area contributed by atoms with E-state index in [0.717, 1.165) is 16.5 Å². The Morgan fingerprint density at radius 2 is 1.37 bits per heavy atom. The maximum Gasteiger partial charge on any atom is 0.265 e. The molecule has 5 heteroatoms. The van der Waals surface area contributed by atoms with Gasteiger partial charge in [0.2, 0.25) is 0 Å². The lowest BCUT2D eigenvalue weighted by atomic mass is 10.1. The molecule has 1 aromatic heterocycles. The first kappa shape index (κ1) is 17.0. The fourth-order valence-corrected chi connectivity index (χ4v) is 3.52. The van der Waals surface area contributed by atoms with Gasteiger partial charge >= 0.3 is 0 Å². The van der Waals surface area contributed by atoms with Crippen LogP contribution in [0.4, 0.5) is 11.4 Å². The number of fused-ring (bicyclic) bond motifs is 1. The molecule has 0 fully saturated rings. The van der Waals surface area contributed by atoms with Crippen molar-refractivity contribution in [3.8, 4) is 0 Å². The van der Waals surface area contributed by atoms with E-state index in [4.69, 9.17) is 0 Å². The highest BCUT2D eigenvalue weighted by molar-refractivity contribution is 7.12. The lowest BCUT2D eigenvalue weighted by Crippen LogP contribution is -2.17. The molecule has 3 aromatic carbocycles. The highest BCUT2D eigenvalue weighted by Gasteiger charge is 2.15. The van der Waals surface area contributed by atoms with Gasteiger partial charge in [0.25, 0.3) is 11.8 Å². The maximum absolute atomic E-state index is 12.9. The van der Waals surface area contributed by atoms with Gasteiger partial charge in [-0.1, -0.05) is 54.6 Å². The van der Waals surface area contributed by atoms with Crippen molar-refractivity contribution in [1.29, 1.82) is 0 Å². The SMILES string of the molecule is O=C(Nc1ccccc1C(=O)Nc1cccc2ccccc12)c1cccs1. The highest BCUT2D eigenvalue weighted by atomic mass is 32.1. The molecule has 0 unspecified atom stereocenters. The van der Waals surface area contributed by atoms with Crippen LogP contribution in [-0.2, 0) is 0 Å². The number of hydrogen-bond acceptors (Lipinski definition) is 3. The van der Waals surface area contributed by atoms with Crippen LogP contribution in [-0.4, -0.2) is 11.8 Å².